The van der Waals surface area contributed by atoms with Crippen molar-refractivity contribution in [3.8, 4) is 5.75 Å². The Hall–Kier alpha value is -2.65. The normalized spacial score (nSPS) is 13.9. The first-order chi connectivity index (χ1) is 14.7. The van der Waals surface area contributed by atoms with Gasteiger partial charge in [-0.1, -0.05) is 53.6 Å². The number of piperidine rings is 1. The van der Waals surface area contributed by atoms with Gasteiger partial charge in [0.15, 0.2) is 0 Å². The molecule has 0 saturated carbocycles. The third-order valence-corrected chi connectivity index (χ3v) is 5.89. The maximum absolute atomic E-state index is 6.56. The number of halogens is 1. The fourth-order valence-corrected chi connectivity index (χ4v) is 4.07. The summed E-state index contributed by atoms with van der Waals surface area (Å²) in [6, 6.07) is 23.0. The lowest BCUT2D eigenvalue weighted by molar-refractivity contribution is 0.306. The van der Waals surface area contributed by atoms with Crippen LogP contribution in [0.1, 0.15) is 36.0 Å². The van der Waals surface area contributed by atoms with Crippen molar-refractivity contribution in [2.24, 2.45) is 0 Å². The zero-order valence-corrected chi connectivity index (χ0v) is 18.3. The number of nitrogens with zero attached hydrogens (tertiary/aromatic N) is 1. The van der Waals surface area contributed by atoms with Crippen LogP contribution in [-0.2, 0) is 13.2 Å². The summed E-state index contributed by atoms with van der Waals surface area (Å²) < 4.78 is 5.89. The fraction of sp³-hybridized carbons (Fsp3) is 0.308. The molecule has 3 aromatic carbocycles. The van der Waals surface area contributed by atoms with Crippen LogP contribution in [0.25, 0.3) is 0 Å². The molecule has 1 fully saturated rings. The predicted octanol–water partition coefficient (Wildman–Crippen LogP) is 6.83. The lowest BCUT2D eigenvalue weighted by atomic mass is 10.1. The van der Waals surface area contributed by atoms with Crippen molar-refractivity contribution >= 4 is 23.0 Å². The molecule has 3 aromatic rings. The van der Waals surface area contributed by atoms with Gasteiger partial charge in [0.2, 0.25) is 0 Å². The van der Waals surface area contributed by atoms with E-state index in [1.165, 1.54) is 36.0 Å². The van der Waals surface area contributed by atoms with E-state index in [9.17, 15) is 0 Å². The number of hydrogen-bond acceptors (Lipinski definition) is 3. The van der Waals surface area contributed by atoms with Gasteiger partial charge in [-0.25, -0.2) is 0 Å². The zero-order chi connectivity index (χ0) is 20.8. The van der Waals surface area contributed by atoms with Crippen LogP contribution in [0, 0.1) is 6.92 Å². The number of aryl methyl sites for hydroxylation is 1. The summed E-state index contributed by atoms with van der Waals surface area (Å²) in [5, 5.41) is 4.29. The average Bonchev–Trinajstić information content (AvgIpc) is 2.79. The van der Waals surface area contributed by atoms with Crippen molar-refractivity contribution in [2.75, 3.05) is 23.3 Å². The van der Waals surface area contributed by atoms with Gasteiger partial charge >= 0.3 is 0 Å². The van der Waals surface area contributed by atoms with E-state index in [0.29, 0.717) is 6.61 Å². The van der Waals surface area contributed by atoms with Crippen molar-refractivity contribution in [1.82, 2.24) is 0 Å². The molecule has 4 rings (SSSR count). The molecule has 1 aliphatic heterocycles. The highest BCUT2D eigenvalue weighted by Crippen LogP contribution is 2.31. The first kappa shape index (κ1) is 20.6. The van der Waals surface area contributed by atoms with Crippen LogP contribution in [0.5, 0.6) is 5.75 Å². The van der Waals surface area contributed by atoms with Gasteiger partial charge < -0.3 is 15.0 Å². The van der Waals surface area contributed by atoms with Gasteiger partial charge in [0.25, 0.3) is 0 Å². The summed E-state index contributed by atoms with van der Waals surface area (Å²) in [4.78, 5) is 2.39. The molecule has 0 bridgehead atoms. The molecule has 0 amide bonds. The van der Waals surface area contributed by atoms with E-state index >= 15 is 0 Å². The van der Waals surface area contributed by atoms with Crippen molar-refractivity contribution < 1.29 is 4.74 Å². The molecule has 1 N–H and O–H groups in total. The minimum Gasteiger partial charge on any atom is -0.489 e. The molecule has 4 heteroatoms. The third-order valence-electron chi connectivity index (χ3n) is 5.59. The number of benzene rings is 3. The molecule has 0 aromatic heterocycles. The largest absolute Gasteiger partial charge is 0.489 e. The van der Waals surface area contributed by atoms with Crippen molar-refractivity contribution in [3.63, 3.8) is 0 Å². The van der Waals surface area contributed by atoms with E-state index in [4.69, 9.17) is 16.3 Å². The number of ether oxygens (including phenoxy) is 1. The number of rotatable bonds is 7. The molecule has 3 nitrogen and oxygen atoms in total. The van der Waals surface area contributed by atoms with Gasteiger partial charge in [-0.15, -0.1) is 0 Å². The summed E-state index contributed by atoms with van der Waals surface area (Å²) in [6.07, 6.45) is 3.83. The molecule has 156 valence electrons. The first-order valence-corrected chi connectivity index (χ1v) is 11.1. The summed E-state index contributed by atoms with van der Waals surface area (Å²) in [6.45, 7) is 5.63. The van der Waals surface area contributed by atoms with E-state index in [1.54, 1.807) is 0 Å². The Morgan fingerprint density at radius 1 is 0.867 bits per heavy atom. The number of nitrogens with one attached hydrogen (secondary N) is 1. The molecule has 30 heavy (non-hydrogen) atoms. The van der Waals surface area contributed by atoms with Crippen molar-refractivity contribution in [2.45, 2.75) is 39.3 Å². The van der Waals surface area contributed by atoms with Gasteiger partial charge in [0.1, 0.15) is 12.4 Å². The Labute approximate surface area is 184 Å². The van der Waals surface area contributed by atoms with E-state index in [1.807, 2.05) is 18.2 Å². The monoisotopic (exact) mass is 420 g/mol. The van der Waals surface area contributed by atoms with Gasteiger partial charge in [-0.2, -0.15) is 0 Å². The van der Waals surface area contributed by atoms with E-state index < -0.39 is 0 Å². The molecule has 0 spiro atoms. The fourth-order valence-electron chi connectivity index (χ4n) is 3.77. The second-order valence-electron chi connectivity index (χ2n) is 7.99. The molecule has 0 aliphatic carbocycles. The van der Waals surface area contributed by atoms with Crippen molar-refractivity contribution in [3.05, 3.63) is 88.4 Å². The molecular formula is C26H29ClN2O. The summed E-state index contributed by atoms with van der Waals surface area (Å²) >= 11 is 6.56. The molecule has 1 aliphatic rings. The van der Waals surface area contributed by atoms with Gasteiger partial charge in [0.05, 0.1) is 10.7 Å². The maximum atomic E-state index is 6.56. The lowest BCUT2D eigenvalue weighted by Crippen LogP contribution is -2.29. The second-order valence-corrected chi connectivity index (χ2v) is 8.39. The van der Waals surface area contributed by atoms with E-state index in [2.05, 4.69) is 65.7 Å². The highest BCUT2D eigenvalue weighted by Gasteiger charge is 2.14. The number of anilines is 2. The van der Waals surface area contributed by atoms with E-state index in [0.717, 1.165) is 41.8 Å². The molecule has 0 unspecified atom stereocenters. The topological polar surface area (TPSA) is 24.5 Å². The van der Waals surface area contributed by atoms with Crippen LogP contribution < -0.4 is 15.0 Å². The summed E-state index contributed by atoms with van der Waals surface area (Å²) in [7, 11) is 0. The van der Waals surface area contributed by atoms with Crippen LogP contribution in [0.4, 0.5) is 11.4 Å². The molecule has 1 saturated heterocycles. The summed E-state index contributed by atoms with van der Waals surface area (Å²) in [5.74, 6) is 0.883. The van der Waals surface area contributed by atoms with Crippen LogP contribution in [0.2, 0.25) is 5.02 Å². The maximum Gasteiger partial charge on any atom is 0.119 e. The average molecular weight is 421 g/mol. The van der Waals surface area contributed by atoms with Crippen LogP contribution >= 0.6 is 11.6 Å². The Balaban J connectivity index is 1.29. The highest BCUT2D eigenvalue weighted by atomic mass is 35.5. The van der Waals surface area contributed by atoms with Crippen LogP contribution in [-0.4, -0.2) is 13.1 Å². The Kier molecular flexibility index (Phi) is 6.81. The molecule has 0 radical (unpaired) electrons. The minimum absolute atomic E-state index is 0.583. The standard InChI is InChI=1S/C26H29ClN2O/c1-20-5-7-22(8-6-20)19-30-24-12-9-21(10-13-24)18-28-23-11-14-26(25(27)17-23)29-15-3-2-4-16-29/h5-14,17,28H,2-4,15-16,18-19H2,1H3. The smallest absolute Gasteiger partial charge is 0.119 e. The van der Waals surface area contributed by atoms with Gasteiger partial charge in [-0.05, 0) is 67.6 Å². The minimum atomic E-state index is 0.583. The Morgan fingerprint density at radius 3 is 2.27 bits per heavy atom. The van der Waals surface area contributed by atoms with E-state index in [-0.39, 0.29) is 0 Å². The quantitative estimate of drug-likeness (QED) is 0.453. The van der Waals surface area contributed by atoms with Gasteiger partial charge in [-0.3, -0.25) is 0 Å². The first-order valence-electron chi connectivity index (χ1n) is 10.7. The third kappa shape index (κ3) is 5.48. The second kappa shape index (κ2) is 9.90. The SMILES string of the molecule is Cc1ccc(COc2ccc(CNc3ccc(N4CCCCC4)c(Cl)c3)cc2)cc1. The Bertz CT molecular complexity index is 948. The molecule has 1 heterocycles. The molecule has 0 atom stereocenters. The summed E-state index contributed by atoms with van der Waals surface area (Å²) in [5.41, 5.74) is 5.83. The number of hydrogen-bond donors (Lipinski definition) is 1. The Morgan fingerprint density at radius 2 is 1.57 bits per heavy atom. The van der Waals surface area contributed by atoms with Crippen molar-refractivity contribution in [1.29, 1.82) is 0 Å². The van der Waals surface area contributed by atoms with Gasteiger partial charge in [0, 0.05) is 25.3 Å². The van der Waals surface area contributed by atoms with Crippen LogP contribution in [0.15, 0.2) is 66.7 Å². The van der Waals surface area contributed by atoms with Crippen LogP contribution in [0.3, 0.4) is 0 Å². The zero-order valence-electron chi connectivity index (χ0n) is 17.5. The highest BCUT2D eigenvalue weighted by molar-refractivity contribution is 6.33. The predicted molar refractivity (Wildman–Crippen MR) is 127 cm³/mol. The lowest BCUT2D eigenvalue weighted by Gasteiger charge is -2.29. The molecular weight excluding hydrogens is 392 g/mol.